The van der Waals surface area contributed by atoms with Crippen LogP contribution in [0.4, 0.5) is 4.39 Å². The Kier molecular flexibility index (Phi) is 2.92. The van der Waals surface area contributed by atoms with Crippen LogP contribution in [0, 0.1) is 5.82 Å². The van der Waals surface area contributed by atoms with E-state index in [4.69, 9.17) is 0 Å². The highest BCUT2D eigenvalue weighted by atomic mass is 79.9. The number of aromatic amines is 1. The third-order valence-electron chi connectivity index (χ3n) is 3.40. The highest BCUT2D eigenvalue weighted by Gasteiger charge is 2.21. The minimum absolute atomic E-state index is 0.190. The summed E-state index contributed by atoms with van der Waals surface area (Å²) < 4.78 is 14.7. The van der Waals surface area contributed by atoms with Crippen LogP contribution >= 0.6 is 15.9 Å². The highest BCUT2D eigenvalue weighted by Crippen LogP contribution is 2.35. The number of hydrogen-bond donors (Lipinski definition) is 2. The molecule has 4 heteroatoms. The Bertz CT molecular complexity index is 544. The molecule has 0 radical (unpaired) electrons. The zero-order valence-electron chi connectivity index (χ0n) is 9.39. The molecule has 17 heavy (non-hydrogen) atoms. The zero-order chi connectivity index (χ0) is 11.8. The number of piperidine rings is 1. The topological polar surface area (TPSA) is 27.8 Å². The molecule has 2 aromatic rings. The second-order valence-corrected chi connectivity index (χ2v) is 5.31. The van der Waals surface area contributed by atoms with Gasteiger partial charge in [-0.3, -0.25) is 0 Å². The van der Waals surface area contributed by atoms with Crippen molar-refractivity contribution >= 4 is 26.8 Å². The van der Waals surface area contributed by atoms with Crippen molar-refractivity contribution in [2.24, 2.45) is 0 Å². The lowest BCUT2D eigenvalue weighted by Gasteiger charge is -2.22. The Hall–Kier alpha value is -0.870. The van der Waals surface area contributed by atoms with Crippen LogP contribution in [0.25, 0.3) is 10.9 Å². The minimum Gasteiger partial charge on any atom is -0.354 e. The second-order valence-electron chi connectivity index (χ2n) is 4.52. The van der Waals surface area contributed by atoms with Crippen LogP contribution in [0.5, 0.6) is 0 Å². The first kappa shape index (κ1) is 11.2. The van der Waals surface area contributed by atoms with E-state index in [0.717, 1.165) is 28.5 Å². The van der Waals surface area contributed by atoms with Gasteiger partial charge in [-0.1, -0.05) is 18.6 Å². The standard InChI is InChI=1S/C13H14BrFN2/c14-11-8-4-3-5-9(15)12(8)17-13(11)10-6-1-2-7-16-10/h3-5,10,16-17H,1-2,6-7H2. The quantitative estimate of drug-likeness (QED) is 0.821. The Morgan fingerprint density at radius 3 is 2.88 bits per heavy atom. The lowest BCUT2D eigenvalue weighted by atomic mass is 10.0. The molecule has 1 saturated heterocycles. The van der Waals surface area contributed by atoms with Crippen molar-refractivity contribution in [2.75, 3.05) is 6.54 Å². The number of benzene rings is 1. The van der Waals surface area contributed by atoms with Gasteiger partial charge < -0.3 is 10.3 Å². The molecule has 1 aromatic heterocycles. The smallest absolute Gasteiger partial charge is 0.147 e. The third-order valence-corrected chi connectivity index (χ3v) is 4.26. The van der Waals surface area contributed by atoms with Crippen LogP contribution in [0.3, 0.4) is 0 Å². The van der Waals surface area contributed by atoms with Gasteiger partial charge in [0.25, 0.3) is 0 Å². The molecule has 1 unspecified atom stereocenters. The second kappa shape index (κ2) is 4.42. The normalized spacial score (nSPS) is 20.9. The van der Waals surface area contributed by atoms with E-state index >= 15 is 0 Å². The van der Waals surface area contributed by atoms with Gasteiger partial charge in [-0.05, 0) is 41.4 Å². The van der Waals surface area contributed by atoms with Gasteiger partial charge in [-0.15, -0.1) is 0 Å². The molecule has 2 nitrogen and oxygen atoms in total. The van der Waals surface area contributed by atoms with Gasteiger partial charge in [0.1, 0.15) is 5.82 Å². The van der Waals surface area contributed by atoms with E-state index in [1.54, 1.807) is 6.07 Å². The van der Waals surface area contributed by atoms with Crippen molar-refractivity contribution < 1.29 is 4.39 Å². The molecular formula is C13H14BrFN2. The van der Waals surface area contributed by atoms with Gasteiger partial charge in [-0.25, -0.2) is 4.39 Å². The molecule has 2 N–H and O–H groups in total. The Morgan fingerprint density at radius 1 is 1.29 bits per heavy atom. The predicted molar refractivity (Wildman–Crippen MR) is 70.6 cm³/mol. The molecule has 0 aliphatic carbocycles. The van der Waals surface area contributed by atoms with E-state index in [0.29, 0.717) is 11.6 Å². The number of para-hydroxylation sites is 1. The summed E-state index contributed by atoms with van der Waals surface area (Å²) >= 11 is 3.58. The van der Waals surface area contributed by atoms with Crippen molar-refractivity contribution in [1.29, 1.82) is 0 Å². The highest BCUT2D eigenvalue weighted by molar-refractivity contribution is 9.10. The summed E-state index contributed by atoms with van der Waals surface area (Å²) in [7, 11) is 0. The van der Waals surface area contributed by atoms with Gasteiger partial charge in [0.15, 0.2) is 0 Å². The lowest BCUT2D eigenvalue weighted by molar-refractivity contribution is 0.406. The van der Waals surface area contributed by atoms with Crippen LogP contribution in [0.1, 0.15) is 31.0 Å². The molecule has 1 aliphatic rings. The SMILES string of the molecule is Fc1cccc2c(Br)c(C3CCCCN3)[nH]c12. The third kappa shape index (κ3) is 1.89. The molecule has 1 aliphatic heterocycles. The molecule has 0 bridgehead atoms. The summed E-state index contributed by atoms with van der Waals surface area (Å²) in [5.41, 5.74) is 1.67. The number of hydrogen-bond acceptors (Lipinski definition) is 1. The lowest BCUT2D eigenvalue weighted by Crippen LogP contribution is -2.27. The van der Waals surface area contributed by atoms with E-state index in [-0.39, 0.29) is 5.82 Å². The van der Waals surface area contributed by atoms with Crippen LogP contribution < -0.4 is 5.32 Å². The Balaban J connectivity index is 2.10. The van der Waals surface area contributed by atoms with Crippen LogP contribution in [0.15, 0.2) is 22.7 Å². The van der Waals surface area contributed by atoms with E-state index < -0.39 is 0 Å². The maximum atomic E-state index is 13.7. The number of nitrogens with one attached hydrogen (secondary N) is 2. The molecule has 0 spiro atoms. The first-order valence-corrected chi connectivity index (χ1v) is 6.75. The molecule has 90 valence electrons. The molecule has 1 fully saturated rings. The largest absolute Gasteiger partial charge is 0.354 e. The summed E-state index contributed by atoms with van der Waals surface area (Å²) in [5.74, 6) is -0.190. The summed E-state index contributed by atoms with van der Waals surface area (Å²) in [6.07, 6.45) is 3.55. The number of H-pyrrole nitrogens is 1. The van der Waals surface area contributed by atoms with E-state index in [2.05, 4.69) is 26.2 Å². The summed E-state index contributed by atoms with van der Waals surface area (Å²) in [4.78, 5) is 3.22. The summed E-state index contributed by atoms with van der Waals surface area (Å²) in [6, 6.07) is 5.48. The predicted octanol–water partition coefficient (Wildman–Crippen LogP) is 3.88. The number of halogens is 2. The fourth-order valence-corrected chi connectivity index (χ4v) is 3.21. The van der Waals surface area contributed by atoms with Crippen molar-refractivity contribution in [3.8, 4) is 0 Å². The maximum Gasteiger partial charge on any atom is 0.147 e. The Labute approximate surface area is 108 Å². The zero-order valence-corrected chi connectivity index (χ0v) is 11.0. The van der Waals surface area contributed by atoms with Gasteiger partial charge in [0.2, 0.25) is 0 Å². The molecule has 0 amide bonds. The fourth-order valence-electron chi connectivity index (χ4n) is 2.51. The van der Waals surface area contributed by atoms with Crippen molar-refractivity contribution in [3.05, 3.63) is 34.2 Å². The van der Waals surface area contributed by atoms with E-state index in [9.17, 15) is 4.39 Å². The van der Waals surface area contributed by atoms with Gasteiger partial charge >= 0.3 is 0 Å². The first-order chi connectivity index (χ1) is 8.27. The van der Waals surface area contributed by atoms with Gasteiger partial charge in [-0.2, -0.15) is 0 Å². The summed E-state index contributed by atoms with van der Waals surface area (Å²) in [5, 5.41) is 4.40. The first-order valence-electron chi connectivity index (χ1n) is 5.96. The maximum absolute atomic E-state index is 13.7. The minimum atomic E-state index is -0.190. The van der Waals surface area contributed by atoms with Gasteiger partial charge in [0, 0.05) is 21.6 Å². The molecule has 0 saturated carbocycles. The number of rotatable bonds is 1. The van der Waals surface area contributed by atoms with Crippen molar-refractivity contribution in [3.63, 3.8) is 0 Å². The van der Waals surface area contributed by atoms with Crippen molar-refractivity contribution in [1.82, 2.24) is 10.3 Å². The van der Waals surface area contributed by atoms with Crippen molar-refractivity contribution in [2.45, 2.75) is 25.3 Å². The number of aromatic nitrogens is 1. The summed E-state index contributed by atoms with van der Waals surface area (Å²) in [6.45, 7) is 1.04. The van der Waals surface area contributed by atoms with E-state index in [1.807, 2.05) is 6.07 Å². The Morgan fingerprint density at radius 2 is 2.18 bits per heavy atom. The van der Waals surface area contributed by atoms with Crippen LogP contribution in [-0.2, 0) is 0 Å². The average Bonchev–Trinajstić information content (AvgIpc) is 2.70. The molecule has 2 heterocycles. The monoisotopic (exact) mass is 296 g/mol. The molecule has 1 aromatic carbocycles. The molecule has 3 rings (SSSR count). The molecule has 1 atom stereocenters. The average molecular weight is 297 g/mol. The number of fused-ring (bicyclic) bond motifs is 1. The van der Waals surface area contributed by atoms with Gasteiger partial charge in [0.05, 0.1) is 5.52 Å². The fraction of sp³-hybridized carbons (Fsp3) is 0.385. The van der Waals surface area contributed by atoms with Crippen LogP contribution in [-0.4, -0.2) is 11.5 Å². The van der Waals surface area contributed by atoms with Crippen LogP contribution in [0.2, 0.25) is 0 Å². The van der Waals surface area contributed by atoms with E-state index in [1.165, 1.54) is 18.9 Å². The molecular weight excluding hydrogens is 283 g/mol.